The summed E-state index contributed by atoms with van der Waals surface area (Å²) in [6, 6.07) is 13.0. The molecule has 0 radical (unpaired) electrons. The van der Waals surface area contributed by atoms with Gasteiger partial charge in [0, 0.05) is 16.5 Å². The Kier molecular flexibility index (Phi) is 3.81. The molecule has 3 rings (SSSR count). The minimum absolute atomic E-state index is 0.153. The quantitative estimate of drug-likeness (QED) is 0.917. The van der Waals surface area contributed by atoms with E-state index in [0.717, 1.165) is 23.2 Å². The van der Waals surface area contributed by atoms with Gasteiger partial charge in [-0.25, -0.2) is 0 Å². The van der Waals surface area contributed by atoms with E-state index in [1.807, 2.05) is 7.05 Å². The monoisotopic (exact) mass is 331 g/mol. The van der Waals surface area contributed by atoms with Crippen molar-refractivity contribution in [1.29, 1.82) is 0 Å². The summed E-state index contributed by atoms with van der Waals surface area (Å²) in [4.78, 5) is 0. The van der Waals surface area contributed by atoms with Crippen LogP contribution in [0.15, 0.2) is 40.9 Å². The molecule has 1 aliphatic rings. The first-order chi connectivity index (χ1) is 9.70. The van der Waals surface area contributed by atoms with Crippen LogP contribution in [0.2, 0.25) is 0 Å². The van der Waals surface area contributed by atoms with Crippen molar-refractivity contribution in [2.75, 3.05) is 13.7 Å². The largest absolute Gasteiger partial charge is 0.493 e. The lowest BCUT2D eigenvalue weighted by Crippen LogP contribution is -2.19. The molecule has 3 heteroatoms. The van der Waals surface area contributed by atoms with Gasteiger partial charge in [0.2, 0.25) is 0 Å². The van der Waals surface area contributed by atoms with E-state index in [9.17, 15) is 0 Å². The highest BCUT2D eigenvalue weighted by atomic mass is 79.9. The molecule has 1 atom stereocenters. The molecule has 0 fully saturated rings. The van der Waals surface area contributed by atoms with Gasteiger partial charge in [-0.1, -0.05) is 40.2 Å². The van der Waals surface area contributed by atoms with Crippen LogP contribution < -0.4 is 10.1 Å². The number of aryl methyl sites for hydroxylation is 1. The smallest absolute Gasteiger partial charge is 0.127 e. The van der Waals surface area contributed by atoms with Crippen molar-refractivity contribution in [1.82, 2.24) is 5.32 Å². The second-order valence-electron chi connectivity index (χ2n) is 5.16. The van der Waals surface area contributed by atoms with Crippen LogP contribution in [0.25, 0.3) is 0 Å². The van der Waals surface area contributed by atoms with E-state index in [0.29, 0.717) is 0 Å². The van der Waals surface area contributed by atoms with Crippen LogP contribution in [0.1, 0.15) is 28.3 Å². The highest BCUT2D eigenvalue weighted by Crippen LogP contribution is 2.39. The van der Waals surface area contributed by atoms with Gasteiger partial charge in [-0.2, -0.15) is 0 Å². The van der Waals surface area contributed by atoms with Crippen LogP contribution in [-0.4, -0.2) is 13.7 Å². The third-order valence-corrected chi connectivity index (χ3v) is 4.33. The zero-order valence-corrected chi connectivity index (χ0v) is 13.3. The molecule has 1 heterocycles. The summed E-state index contributed by atoms with van der Waals surface area (Å²) in [5.41, 5.74) is 5.09. The van der Waals surface area contributed by atoms with Crippen LogP contribution in [0.4, 0.5) is 0 Å². The van der Waals surface area contributed by atoms with E-state index in [4.69, 9.17) is 4.74 Å². The Bertz CT molecular complexity index is 639. The molecular weight excluding hydrogens is 314 g/mol. The first-order valence-electron chi connectivity index (χ1n) is 6.88. The molecule has 0 aliphatic carbocycles. The molecule has 1 N–H and O–H groups in total. The lowest BCUT2D eigenvalue weighted by atomic mass is 9.93. The van der Waals surface area contributed by atoms with Crippen LogP contribution in [0, 0.1) is 6.92 Å². The Morgan fingerprint density at radius 1 is 1.20 bits per heavy atom. The maximum atomic E-state index is 5.87. The number of hydrogen-bond donors (Lipinski definition) is 1. The van der Waals surface area contributed by atoms with Gasteiger partial charge in [-0.05, 0) is 42.8 Å². The predicted octanol–water partition coefficient (Wildman–Crippen LogP) is 4.00. The van der Waals surface area contributed by atoms with Crippen LogP contribution in [0.5, 0.6) is 5.75 Å². The van der Waals surface area contributed by atoms with Crippen molar-refractivity contribution in [3.05, 3.63) is 63.1 Å². The van der Waals surface area contributed by atoms with Gasteiger partial charge in [-0.15, -0.1) is 0 Å². The summed E-state index contributed by atoms with van der Waals surface area (Å²) in [6.07, 6.45) is 0.992. The van der Waals surface area contributed by atoms with Crippen molar-refractivity contribution < 1.29 is 4.74 Å². The van der Waals surface area contributed by atoms with Gasteiger partial charge >= 0.3 is 0 Å². The van der Waals surface area contributed by atoms with E-state index in [2.05, 4.69) is 64.6 Å². The second kappa shape index (κ2) is 5.58. The highest BCUT2D eigenvalue weighted by molar-refractivity contribution is 9.10. The zero-order valence-electron chi connectivity index (χ0n) is 11.7. The molecule has 0 aromatic heterocycles. The molecule has 2 nitrogen and oxygen atoms in total. The van der Waals surface area contributed by atoms with Crippen molar-refractivity contribution in [3.8, 4) is 5.75 Å². The third kappa shape index (κ3) is 2.36. The standard InChI is InChI=1S/C17H18BrNO/c1-11-5-3-4-6-14(11)16(19-2)15-10-13(18)9-12-7-8-20-17(12)15/h3-6,9-10,16,19H,7-8H2,1-2H3. The highest BCUT2D eigenvalue weighted by Gasteiger charge is 2.24. The normalized spacial score (nSPS) is 14.8. The summed E-state index contributed by atoms with van der Waals surface area (Å²) in [5.74, 6) is 1.05. The molecule has 0 bridgehead atoms. The molecule has 2 aromatic rings. The Morgan fingerprint density at radius 2 is 2.00 bits per heavy atom. The molecule has 0 saturated carbocycles. The number of ether oxygens (including phenoxy) is 1. The average Bonchev–Trinajstić information content (AvgIpc) is 2.89. The SMILES string of the molecule is CNC(c1ccccc1C)c1cc(Br)cc2c1OCC2. The number of benzene rings is 2. The van der Waals surface area contributed by atoms with E-state index < -0.39 is 0 Å². The first-order valence-corrected chi connectivity index (χ1v) is 7.68. The Balaban J connectivity index is 2.13. The molecule has 0 amide bonds. The predicted molar refractivity (Wildman–Crippen MR) is 85.4 cm³/mol. The molecule has 1 unspecified atom stereocenters. The Morgan fingerprint density at radius 3 is 2.75 bits per heavy atom. The molecule has 2 aromatic carbocycles. The van der Waals surface area contributed by atoms with Gasteiger partial charge in [0.15, 0.2) is 0 Å². The maximum Gasteiger partial charge on any atom is 0.127 e. The minimum atomic E-state index is 0.153. The van der Waals surface area contributed by atoms with E-state index in [1.54, 1.807) is 0 Å². The first kappa shape index (κ1) is 13.7. The van der Waals surface area contributed by atoms with Gasteiger partial charge in [0.1, 0.15) is 5.75 Å². The van der Waals surface area contributed by atoms with Crippen LogP contribution >= 0.6 is 15.9 Å². The number of nitrogens with one attached hydrogen (secondary N) is 1. The van der Waals surface area contributed by atoms with Crippen LogP contribution in [0.3, 0.4) is 0 Å². The van der Waals surface area contributed by atoms with Crippen molar-refractivity contribution in [3.63, 3.8) is 0 Å². The second-order valence-corrected chi connectivity index (χ2v) is 6.08. The molecular formula is C17H18BrNO. The Hall–Kier alpha value is -1.32. The molecule has 1 aliphatic heterocycles. The van der Waals surface area contributed by atoms with Crippen molar-refractivity contribution in [2.45, 2.75) is 19.4 Å². The maximum absolute atomic E-state index is 5.87. The molecule has 0 saturated heterocycles. The van der Waals surface area contributed by atoms with E-state index in [-0.39, 0.29) is 6.04 Å². The number of fused-ring (bicyclic) bond motifs is 1. The van der Waals surface area contributed by atoms with Crippen LogP contribution in [-0.2, 0) is 6.42 Å². The number of rotatable bonds is 3. The fourth-order valence-corrected chi connectivity index (χ4v) is 3.42. The summed E-state index contributed by atoms with van der Waals surface area (Å²) < 4.78 is 6.98. The summed E-state index contributed by atoms with van der Waals surface area (Å²) in [6.45, 7) is 2.93. The topological polar surface area (TPSA) is 21.3 Å². The third-order valence-electron chi connectivity index (χ3n) is 3.88. The van der Waals surface area contributed by atoms with Gasteiger partial charge in [-0.3, -0.25) is 0 Å². The average molecular weight is 332 g/mol. The summed E-state index contributed by atoms with van der Waals surface area (Å²) >= 11 is 3.62. The van der Waals surface area contributed by atoms with E-state index >= 15 is 0 Å². The fourth-order valence-electron chi connectivity index (χ4n) is 2.90. The van der Waals surface area contributed by atoms with Gasteiger partial charge in [0.05, 0.1) is 12.6 Å². The van der Waals surface area contributed by atoms with Crippen molar-refractivity contribution in [2.24, 2.45) is 0 Å². The minimum Gasteiger partial charge on any atom is -0.493 e. The molecule has 104 valence electrons. The Labute approximate surface area is 128 Å². The molecule has 0 spiro atoms. The van der Waals surface area contributed by atoms with Crippen molar-refractivity contribution >= 4 is 15.9 Å². The van der Waals surface area contributed by atoms with E-state index in [1.165, 1.54) is 22.3 Å². The van der Waals surface area contributed by atoms with Gasteiger partial charge < -0.3 is 10.1 Å². The van der Waals surface area contributed by atoms with Gasteiger partial charge in [0.25, 0.3) is 0 Å². The molecule has 20 heavy (non-hydrogen) atoms. The summed E-state index contributed by atoms with van der Waals surface area (Å²) in [5, 5.41) is 3.43. The zero-order chi connectivity index (χ0) is 14.1. The number of halogens is 1. The number of hydrogen-bond acceptors (Lipinski definition) is 2. The fraction of sp³-hybridized carbons (Fsp3) is 0.294. The lowest BCUT2D eigenvalue weighted by molar-refractivity contribution is 0.351. The summed E-state index contributed by atoms with van der Waals surface area (Å²) in [7, 11) is 2.00. The lowest BCUT2D eigenvalue weighted by Gasteiger charge is -2.22.